The molecule has 0 aliphatic carbocycles. The Kier molecular flexibility index (Phi) is 7.81. The number of piperidine rings is 1. The van der Waals surface area contributed by atoms with Crippen molar-refractivity contribution >= 4 is 27.3 Å². The number of rotatable bonds is 7. The summed E-state index contributed by atoms with van der Waals surface area (Å²) >= 11 is 0. The molecule has 3 aromatic rings. The van der Waals surface area contributed by atoms with Gasteiger partial charge in [0.2, 0.25) is 9.84 Å². The van der Waals surface area contributed by atoms with E-state index in [1.165, 1.54) is 54.1 Å². The fraction of sp³-hybridized carbons (Fsp3) is 0.333. The molecular formula is C30H32FN3O4S. The molecule has 1 saturated heterocycles. The second kappa shape index (κ2) is 11.3. The fourth-order valence-electron chi connectivity index (χ4n) is 5.40. The largest absolute Gasteiger partial charge is 0.352 e. The number of sulfone groups is 1. The molecule has 0 bridgehead atoms. The van der Waals surface area contributed by atoms with E-state index in [4.69, 9.17) is 0 Å². The van der Waals surface area contributed by atoms with Crippen LogP contribution in [0.15, 0.2) is 76.5 Å². The van der Waals surface area contributed by atoms with E-state index in [1.807, 2.05) is 0 Å². The van der Waals surface area contributed by atoms with E-state index in [9.17, 15) is 22.4 Å². The Balaban J connectivity index is 1.43. The van der Waals surface area contributed by atoms with E-state index in [0.29, 0.717) is 12.5 Å². The lowest BCUT2D eigenvalue weighted by molar-refractivity contribution is 0.0946. The average Bonchev–Trinajstić information content (AvgIpc) is 3.00. The Morgan fingerprint density at radius 3 is 2.62 bits per heavy atom. The van der Waals surface area contributed by atoms with Gasteiger partial charge in [0.1, 0.15) is 5.82 Å². The third-order valence-electron chi connectivity index (χ3n) is 7.42. The van der Waals surface area contributed by atoms with Crippen molar-refractivity contribution in [2.45, 2.75) is 42.5 Å². The van der Waals surface area contributed by atoms with Gasteiger partial charge in [-0.15, -0.1) is 0 Å². The first-order valence-corrected chi connectivity index (χ1v) is 14.8. The minimum absolute atomic E-state index is 0.00284. The highest BCUT2D eigenvalue weighted by Crippen LogP contribution is 2.38. The van der Waals surface area contributed by atoms with Gasteiger partial charge in [0.15, 0.2) is 0 Å². The quantitative estimate of drug-likeness (QED) is 0.433. The zero-order valence-electron chi connectivity index (χ0n) is 21.9. The van der Waals surface area contributed by atoms with E-state index < -0.39 is 21.6 Å². The molecule has 1 fully saturated rings. The van der Waals surface area contributed by atoms with Gasteiger partial charge in [-0.2, -0.15) is 0 Å². The number of likely N-dealkylation sites (tertiary alicyclic amines) is 1. The minimum Gasteiger partial charge on any atom is -0.352 e. The normalized spacial score (nSPS) is 18.7. The topological polar surface area (TPSA) is 86.8 Å². The molecule has 39 heavy (non-hydrogen) atoms. The third kappa shape index (κ3) is 5.60. The first kappa shape index (κ1) is 27.0. The number of carbonyl (C=O) groups excluding carboxylic acids is 2. The van der Waals surface area contributed by atoms with Crippen LogP contribution in [-0.4, -0.2) is 51.3 Å². The van der Waals surface area contributed by atoms with Crippen molar-refractivity contribution in [2.24, 2.45) is 5.92 Å². The molecule has 0 aromatic heterocycles. The van der Waals surface area contributed by atoms with Crippen LogP contribution in [-0.2, 0) is 16.4 Å². The number of hydrogen-bond acceptors (Lipinski definition) is 5. The van der Waals surface area contributed by atoms with Crippen molar-refractivity contribution in [3.63, 3.8) is 0 Å². The van der Waals surface area contributed by atoms with Crippen molar-refractivity contribution in [3.8, 4) is 0 Å². The number of benzene rings is 3. The number of nitrogens with one attached hydrogen (secondary N) is 1. The molecule has 0 radical (unpaired) electrons. The summed E-state index contributed by atoms with van der Waals surface area (Å²) in [7, 11) is -4.08. The number of carbonyl (C=O) groups is 2. The van der Waals surface area contributed by atoms with Crippen LogP contribution in [0.25, 0.3) is 0 Å². The van der Waals surface area contributed by atoms with Crippen LogP contribution in [0.3, 0.4) is 0 Å². The highest BCUT2D eigenvalue weighted by molar-refractivity contribution is 7.91. The smallest absolute Gasteiger partial charge is 0.259 e. The second-order valence-electron chi connectivity index (χ2n) is 10.3. The average molecular weight is 550 g/mol. The monoisotopic (exact) mass is 549 g/mol. The van der Waals surface area contributed by atoms with Gasteiger partial charge < -0.3 is 15.1 Å². The molecule has 9 heteroatoms. The summed E-state index contributed by atoms with van der Waals surface area (Å²) in [5.41, 5.74) is 0.515. The van der Waals surface area contributed by atoms with Crippen molar-refractivity contribution < 1.29 is 22.4 Å². The number of hydrogen-bond donors (Lipinski definition) is 1. The second-order valence-corrected chi connectivity index (χ2v) is 12.2. The molecule has 0 unspecified atom stereocenters. The Hall–Kier alpha value is -3.56. The Morgan fingerprint density at radius 1 is 1.05 bits per heavy atom. The van der Waals surface area contributed by atoms with E-state index in [1.54, 1.807) is 30.3 Å². The molecule has 3 aromatic carbocycles. The third-order valence-corrected chi connectivity index (χ3v) is 9.28. The van der Waals surface area contributed by atoms with Crippen LogP contribution in [0.4, 0.5) is 10.1 Å². The van der Waals surface area contributed by atoms with Crippen molar-refractivity contribution in [1.29, 1.82) is 0 Å². The van der Waals surface area contributed by atoms with Crippen molar-refractivity contribution in [3.05, 3.63) is 89.2 Å². The van der Waals surface area contributed by atoms with Crippen molar-refractivity contribution in [1.82, 2.24) is 10.2 Å². The van der Waals surface area contributed by atoms with Gasteiger partial charge in [-0.1, -0.05) is 37.3 Å². The van der Waals surface area contributed by atoms with E-state index in [2.05, 4.69) is 17.1 Å². The molecule has 1 N–H and O–H groups in total. The van der Waals surface area contributed by atoms with Gasteiger partial charge in [0, 0.05) is 24.2 Å². The molecule has 2 aliphatic rings. The van der Waals surface area contributed by atoms with Gasteiger partial charge >= 0.3 is 0 Å². The van der Waals surface area contributed by atoms with E-state index in [0.717, 1.165) is 26.1 Å². The molecule has 0 saturated carbocycles. The van der Waals surface area contributed by atoms with Gasteiger partial charge in [0.05, 0.1) is 27.6 Å². The van der Waals surface area contributed by atoms with Gasteiger partial charge in [-0.05, 0) is 74.7 Å². The van der Waals surface area contributed by atoms with E-state index in [-0.39, 0.29) is 44.6 Å². The Bertz CT molecular complexity index is 1510. The number of amides is 2. The lowest BCUT2D eigenvalue weighted by Crippen LogP contribution is -2.36. The number of nitrogens with zero attached hydrogens (tertiary/aromatic N) is 2. The molecule has 204 valence electrons. The van der Waals surface area contributed by atoms with Crippen LogP contribution in [0, 0.1) is 11.7 Å². The first-order valence-electron chi connectivity index (χ1n) is 13.3. The summed E-state index contributed by atoms with van der Waals surface area (Å²) in [6.07, 6.45) is 3.24. The summed E-state index contributed by atoms with van der Waals surface area (Å²) in [6.45, 7) is 5.58. The van der Waals surface area contributed by atoms with E-state index >= 15 is 0 Å². The predicted octanol–water partition coefficient (Wildman–Crippen LogP) is 4.67. The SMILES string of the molecule is C[C@H]1CCCN(CCCNC(=O)c2ccc3c(c2)N(Cc2ccccc2F)C(=O)c2ccccc2S3(=O)=O)C1. The summed E-state index contributed by atoms with van der Waals surface area (Å²) < 4.78 is 41.9. The number of halogens is 1. The van der Waals surface area contributed by atoms with Crippen molar-refractivity contribution in [2.75, 3.05) is 31.1 Å². The molecule has 0 spiro atoms. The first-order chi connectivity index (χ1) is 18.8. The van der Waals surface area contributed by atoms with Crippen LogP contribution < -0.4 is 10.2 Å². The van der Waals surface area contributed by atoms with Crippen LogP contribution in [0.5, 0.6) is 0 Å². The highest BCUT2D eigenvalue weighted by Gasteiger charge is 2.36. The zero-order valence-corrected chi connectivity index (χ0v) is 22.7. The van der Waals surface area contributed by atoms with Crippen LogP contribution >= 0.6 is 0 Å². The molecular weight excluding hydrogens is 517 g/mol. The summed E-state index contributed by atoms with van der Waals surface area (Å²) in [5, 5.41) is 2.92. The fourth-order valence-corrected chi connectivity index (χ4v) is 7.03. The Morgan fingerprint density at radius 2 is 1.82 bits per heavy atom. The lowest BCUT2D eigenvalue weighted by Gasteiger charge is -2.30. The van der Waals surface area contributed by atoms with Gasteiger partial charge in [0.25, 0.3) is 11.8 Å². The van der Waals surface area contributed by atoms with Gasteiger partial charge in [-0.25, -0.2) is 12.8 Å². The zero-order chi connectivity index (χ0) is 27.6. The molecule has 1 atom stereocenters. The standard InChI is InChI=1S/C30H32FN3O4S/c1-21-8-6-16-33(19-21)17-7-15-32-29(35)22-13-14-28-26(18-22)34(20-23-9-2-4-11-25(23)31)30(36)24-10-3-5-12-27(24)39(28,37)38/h2-5,9-14,18,21H,6-8,15-17,19-20H2,1H3,(H,32,35)/t21-/m0/s1. The molecule has 5 rings (SSSR count). The summed E-state index contributed by atoms with van der Waals surface area (Å²) in [4.78, 5) is 30.2. The number of anilines is 1. The Labute approximate surface area is 228 Å². The maximum atomic E-state index is 14.6. The lowest BCUT2D eigenvalue weighted by atomic mass is 10.0. The minimum atomic E-state index is -4.08. The molecule has 2 heterocycles. The molecule has 2 amide bonds. The van der Waals surface area contributed by atoms with Crippen LogP contribution in [0.2, 0.25) is 0 Å². The molecule has 7 nitrogen and oxygen atoms in total. The maximum absolute atomic E-state index is 14.6. The predicted molar refractivity (Wildman–Crippen MR) is 147 cm³/mol. The highest BCUT2D eigenvalue weighted by atomic mass is 32.2. The molecule has 2 aliphatic heterocycles. The summed E-state index contributed by atoms with van der Waals surface area (Å²) in [5.74, 6) is -0.763. The maximum Gasteiger partial charge on any atom is 0.259 e. The van der Waals surface area contributed by atoms with Gasteiger partial charge in [-0.3, -0.25) is 9.59 Å². The number of fused-ring (bicyclic) bond motifs is 2. The van der Waals surface area contributed by atoms with Crippen LogP contribution in [0.1, 0.15) is 52.5 Å². The summed E-state index contributed by atoms with van der Waals surface area (Å²) in [6, 6.07) is 16.3.